The SMILES string of the molecule is CC1(O)CCN(C(=O)c2cnc3n(c2=O)CCS3)CC1. The van der Waals surface area contributed by atoms with Gasteiger partial charge < -0.3 is 10.0 Å². The Morgan fingerprint density at radius 1 is 1.40 bits per heavy atom. The van der Waals surface area contributed by atoms with Gasteiger partial charge in [-0.25, -0.2) is 4.98 Å². The Morgan fingerprint density at radius 3 is 2.80 bits per heavy atom. The van der Waals surface area contributed by atoms with Gasteiger partial charge in [-0.2, -0.15) is 0 Å². The number of hydrogen-bond donors (Lipinski definition) is 1. The molecule has 1 aromatic heterocycles. The van der Waals surface area contributed by atoms with Crippen LogP contribution in [0.25, 0.3) is 0 Å². The second kappa shape index (κ2) is 4.89. The Kier molecular flexibility index (Phi) is 3.33. The van der Waals surface area contributed by atoms with Crippen LogP contribution in [0.15, 0.2) is 16.1 Å². The lowest BCUT2D eigenvalue weighted by molar-refractivity contribution is -0.00211. The molecule has 0 saturated carbocycles. The van der Waals surface area contributed by atoms with Gasteiger partial charge in [-0.15, -0.1) is 0 Å². The van der Waals surface area contributed by atoms with Crippen molar-refractivity contribution in [3.8, 4) is 0 Å². The molecule has 2 aliphatic heterocycles. The first-order valence-corrected chi connectivity index (χ1v) is 7.71. The van der Waals surface area contributed by atoms with Crippen LogP contribution in [0.2, 0.25) is 0 Å². The molecule has 1 fully saturated rings. The Balaban J connectivity index is 1.84. The van der Waals surface area contributed by atoms with Gasteiger partial charge in [-0.05, 0) is 19.8 Å². The van der Waals surface area contributed by atoms with E-state index in [9.17, 15) is 14.7 Å². The fourth-order valence-electron chi connectivity index (χ4n) is 2.53. The lowest BCUT2D eigenvalue weighted by atomic mass is 9.93. The lowest BCUT2D eigenvalue weighted by Gasteiger charge is -2.35. The van der Waals surface area contributed by atoms with Crippen molar-refractivity contribution in [2.45, 2.75) is 37.1 Å². The third-order valence-corrected chi connectivity index (χ3v) is 4.89. The summed E-state index contributed by atoms with van der Waals surface area (Å²) in [5.41, 5.74) is -0.821. The van der Waals surface area contributed by atoms with Gasteiger partial charge in [0.05, 0.1) is 5.60 Å². The number of nitrogens with zero attached hydrogens (tertiary/aromatic N) is 3. The van der Waals surface area contributed by atoms with E-state index < -0.39 is 5.60 Å². The number of likely N-dealkylation sites (tertiary alicyclic amines) is 1. The Labute approximate surface area is 120 Å². The highest BCUT2D eigenvalue weighted by Crippen LogP contribution is 2.23. The van der Waals surface area contributed by atoms with Crippen LogP contribution in [0.1, 0.15) is 30.1 Å². The molecule has 0 unspecified atom stereocenters. The zero-order valence-corrected chi connectivity index (χ0v) is 12.2. The van der Waals surface area contributed by atoms with Crippen LogP contribution in [-0.2, 0) is 6.54 Å². The smallest absolute Gasteiger partial charge is 0.267 e. The van der Waals surface area contributed by atoms with Crippen molar-refractivity contribution in [2.24, 2.45) is 0 Å². The van der Waals surface area contributed by atoms with Crippen LogP contribution < -0.4 is 5.56 Å². The highest BCUT2D eigenvalue weighted by molar-refractivity contribution is 7.99. The minimum absolute atomic E-state index is 0.137. The highest BCUT2D eigenvalue weighted by Gasteiger charge is 2.31. The summed E-state index contributed by atoms with van der Waals surface area (Å²) < 4.78 is 1.57. The van der Waals surface area contributed by atoms with Gasteiger partial charge >= 0.3 is 0 Å². The van der Waals surface area contributed by atoms with Crippen LogP contribution in [0.3, 0.4) is 0 Å². The molecular weight excluding hydrogens is 278 g/mol. The maximum absolute atomic E-state index is 12.4. The van der Waals surface area contributed by atoms with E-state index in [0.717, 1.165) is 5.75 Å². The fourth-order valence-corrected chi connectivity index (χ4v) is 3.44. The average molecular weight is 295 g/mol. The molecule has 20 heavy (non-hydrogen) atoms. The number of fused-ring (bicyclic) bond motifs is 1. The molecule has 1 amide bonds. The first kappa shape index (κ1) is 13.6. The molecule has 0 aliphatic carbocycles. The number of aromatic nitrogens is 2. The van der Waals surface area contributed by atoms with Gasteiger partial charge in [0.15, 0.2) is 5.16 Å². The van der Waals surface area contributed by atoms with Crippen LogP contribution in [0.5, 0.6) is 0 Å². The number of aliphatic hydroxyl groups is 1. The first-order chi connectivity index (χ1) is 9.48. The molecule has 3 rings (SSSR count). The number of amides is 1. The molecule has 0 aromatic carbocycles. The minimum atomic E-state index is -0.710. The van der Waals surface area contributed by atoms with Crippen molar-refractivity contribution in [2.75, 3.05) is 18.8 Å². The van der Waals surface area contributed by atoms with Crippen molar-refractivity contribution in [3.63, 3.8) is 0 Å². The number of hydrogen-bond acceptors (Lipinski definition) is 5. The maximum atomic E-state index is 12.4. The minimum Gasteiger partial charge on any atom is -0.390 e. The monoisotopic (exact) mass is 295 g/mol. The quantitative estimate of drug-likeness (QED) is 0.756. The summed E-state index contributed by atoms with van der Waals surface area (Å²) in [4.78, 5) is 30.5. The molecule has 1 aromatic rings. The summed E-state index contributed by atoms with van der Waals surface area (Å²) in [5, 5.41) is 10.6. The second-order valence-corrected chi connectivity index (χ2v) is 6.61. The number of rotatable bonds is 1. The average Bonchev–Trinajstić information content (AvgIpc) is 2.88. The van der Waals surface area contributed by atoms with E-state index in [0.29, 0.717) is 37.6 Å². The molecule has 0 spiro atoms. The summed E-state index contributed by atoms with van der Waals surface area (Å²) in [5.74, 6) is 0.553. The largest absolute Gasteiger partial charge is 0.390 e. The van der Waals surface area contributed by atoms with Gasteiger partial charge in [0.25, 0.3) is 11.5 Å². The van der Waals surface area contributed by atoms with Crippen molar-refractivity contribution in [1.29, 1.82) is 0 Å². The summed E-state index contributed by atoms with van der Waals surface area (Å²) in [6.45, 7) is 3.34. The lowest BCUT2D eigenvalue weighted by Crippen LogP contribution is -2.46. The van der Waals surface area contributed by atoms with Crippen molar-refractivity contribution < 1.29 is 9.90 Å². The van der Waals surface area contributed by atoms with Gasteiger partial charge in [0.2, 0.25) is 0 Å². The van der Waals surface area contributed by atoms with Crippen molar-refractivity contribution in [1.82, 2.24) is 14.5 Å². The Hall–Kier alpha value is -1.34. The molecule has 1 N–H and O–H groups in total. The summed E-state index contributed by atoms with van der Waals surface area (Å²) in [7, 11) is 0. The predicted molar refractivity (Wildman–Crippen MR) is 75.0 cm³/mol. The van der Waals surface area contributed by atoms with E-state index in [1.807, 2.05) is 0 Å². The summed E-state index contributed by atoms with van der Waals surface area (Å²) in [6, 6.07) is 0. The molecule has 0 radical (unpaired) electrons. The van der Waals surface area contributed by atoms with Gasteiger partial charge in [0, 0.05) is 31.6 Å². The van der Waals surface area contributed by atoms with Crippen LogP contribution >= 0.6 is 11.8 Å². The molecular formula is C13H17N3O3S. The zero-order valence-electron chi connectivity index (χ0n) is 11.3. The second-order valence-electron chi connectivity index (χ2n) is 5.55. The van der Waals surface area contributed by atoms with Crippen molar-refractivity contribution in [3.05, 3.63) is 22.1 Å². The first-order valence-electron chi connectivity index (χ1n) is 6.72. The third-order valence-electron chi connectivity index (χ3n) is 3.91. The topological polar surface area (TPSA) is 75.4 Å². The Morgan fingerprint density at radius 2 is 2.10 bits per heavy atom. The van der Waals surface area contributed by atoms with Gasteiger partial charge in [-0.1, -0.05) is 11.8 Å². The number of piperidine rings is 1. The molecule has 2 aliphatic rings. The molecule has 6 nitrogen and oxygen atoms in total. The molecule has 7 heteroatoms. The summed E-state index contributed by atoms with van der Waals surface area (Å²) in [6.07, 6.45) is 2.46. The standard InChI is InChI=1S/C13H17N3O3S/c1-13(19)2-4-15(5-3-13)10(17)9-8-14-12-16(11(9)18)6-7-20-12/h8,19H,2-7H2,1H3. The van der Waals surface area contributed by atoms with E-state index in [1.54, 1.807) is 16.4 Å². The summed E-state index contributed by atoms with van der Waals surface area (Å²) >= 11 is 1.53. The van der Waals surface area contributed by atoms with E-state index in [4.69, 9.17) is 0 Å². The third kappa shape index (κ3) is 2.35. The zero-order chi connectivity index (χ0) is 14.3. The number of carbonyl (C=O) groups excluding carboxylic acids is 1. The van der Waals surface area contributed by atoms with Crippen molar-refractivity contribution >= 4 is 17.7 Å². The predicted octanol–water partition coefficient (Wildman–Crippen LogP) is 0.336. The normalized spacial score (nSPS) is 20.8. The highest BCUT2D eigenvalue weighted by atomic mass is 32.2. The van der Waals surface area contributed by atoms with Gasteiger partial charge in [-0.3, -0.25) is 14.2 Å². The van der Waals surface area contributed by atoms with E-state index in [-0.39, 0.29) is 17.0 Å². The molecule has 1 saturated heterocycles. The molecule has 0 atom stereocenters. The van der Waals surface area contributed by atoms with Gasteiger partial charge in [0.1, 0.15) is 5.56 Å². The molecule has 0 bridgehead atoms. The van der Waals surface area contributed by atoms with Crippen LogP contribution in [0, 0.1) is 0 Å². The van der Waals surface area contributed by atoms with E-state index >= 15 is 0 Å². The number of carbonyl (C=O) groups is 1. The fraction of sp³-hybridized carbons (Fsp3) is 0.615. The number of thioether (sulfide) groups is 1. The van der Waals surface area contributed by atoms with Crippen LogP contribution in [0.4, 0.5) is 0 Å². The maximum Gasteiger partial charge on any atom is 0.267 e. The molecule has 3 heterocycles. The van der Waals surface area contributed by atoms with E-state index in [1.165, 1.54) is 18.0 Å². The molecule has 108 valence electrons. The van der Waals surface area contributed by atoms with Crippen LogP contribution in [-0.4, -0.2) is 49.9 Å². The van der Waals surface area contributed by atoms with E-state index in [2.05, 4.69) is 4.98 Å². The Bertz CT molecular complexity index is 601.